The molecule has 0 fully saturated rings. The molecule has 7 nitrogen and oxygen atoms in total. The van der Waals surface area contributed by atoms with Gasteiger partial charge in [-0.1, -0.05) is 54.1 Å². The highest BCUT2D eigenvalue weighted by Gasteiger charge is 2.32. The number of amides is 2. The topological polar surface area (TPSA) is 86.8 Å². The van der Waals surface area contributed by atoms with E-state index in [1.807, 2.05) is 26.8 Å². The summed E-state index contributed by atoms with van der Waals surface area (Å²) in [7, 11) is -4.08. The first-order chi connectivity index (χ1) is 17.5. The Morgan fingerprint density at radius 3 is 2.22 bits per heavy atom. The van der Waals surface area contributed by atoms with Crippen LogP contribution < -0.4 is 9.62 Å². The number of anilines is 1. The maximum Gasteiger partial charge on any atom is 0.264 e. The Labute approximate surface area is 224 Å². The van der Waals surface area contributed by atoms with E-state index >= 15 is 0 Å². The van der Waals surface area contributed by atoms with Crippen LogP contribution in [0.3, 0.4) is 0 Å². The monoisotopic (exact) mass is 541 g/mol. The van der Waals surface area contributed by atoms with E-state index in [1.54, 1.807) is 67.6 Å². The Balaban J connectivity index is 2.02. The Morgan fingerprint density at radius 1 is 0.919 bits per heavy atom. The zero-order valence-corrected chi connectivity index (χ0v) is 23.0. The average Bonchev–Trinajstić information content (AvgIpc) is 2.85. The molecule has 9 heteroatoms. The fourth-order valence-electron chi connectivity index (χ4n) is 3.85. The normalized spacial score (nSPS) is 12.2. The van der Waals surface area contributed by atoms with E-state index in [2.05, 4.69) is 5.32 Å². The van der Waals surface area contributed by atoms with Gasteiger partial charge in [0.25, 0.3) is 10.0 Å². The van der Waals surface area contributed by atoms with Gasteiger partial charge >= 0.3 is 0 Å². The Kier molecular flexibility index (Phi) is 9.34. The number of benzene rings is 3. The predicted octanol–water partition coefficient (Wildman–Crippen LogP) is 4.79. The van der Waals surface area contributed by atoms with E-state index in [9.17, 15) is 18.0 Å². The predicted molar refractivity (Wildman–Crippen MR) is 147 cm³/mol. The van der Waals surface area contributed by atoms with E-state index in [0.29, 0.717) is 10.7 Å². The summed E-state index contributed by atoms with van der Waals surface area (Å²) in [5.74, 6) is -0.856. The summed E-state index contributed by atoms with van der Waals surface area (Å²) in [5, 5.41) is 3.33. The number of sulfonamides is 1. The highest BCUT2D eigenvalue weighted by Crippen LogP contribution is 2.25. The molecule has 0 aliphatic rings. The van der Waals surface area contributed by atoms with Crippen LogP contribution >= 0.6 is 11.6 Å². The first kappa shape index (κ1) is 28.2. The summed E-state index contributed by atoms with van der Waals surface area (Å²) in [4.78, 5) is 28.2. The van der Waals surface area contributed by atoms with Crippen molar-refractivity contribution in [1.29, 1.82) is 0 Å². The fourth-order valence-corrected chi connectivity index (χ4v) is 5.49. The summed E-state index contributed by atoms with van der Waals surface area (Å²) in [5.41, 5.74) is 1.93. The SMILES string of the molecule is Cc1cccc(N(CC(=O)N(Cc2cccc(Cl)c2)C(C)C(=O)NC(C)C)S(=O)(=O)c2ccccc2)c1. The zero-order valence-electron chi connectivity index (χ0n) is 21.4. The first-order valence-electron chi connectivity index (χ1n) is 12.0. The van der Waals surface area contributed by atoms with Gasteiger partial charge in [0.2, 0.25) is 11.8 Å². The van der Waals surface area contributed by atoms with Crippen molar-refractivity contribution in [3.05, 3.63) is 95.0 Å². The number of hydrogen-bond acceptors (Lipinski definition) is 4. The highest BCUT2D eigenvalue weighted by atomic mass is 35.5. The molecular weight excluding hydrogens is 510 g/mol. The molecule has 37 heavy (non-hydrogen) atoms. The van der Waals surface area contributed by atoms with E-state index in [1.165, 1.54) is 17.0 Å². The molecule has 3 aromatic rings. The van der Waals surface area contributed by atoms with Crippen molar-refractivity contribution in [2.45, 2.75) is 51.2 Å². The smallest absolute Gasteiger partial charge is 0.264 e. The fraction of sp³-hybridized carbons (Fsp3) is 0.286. The second kappa shape index (κ2) is 12.3. The van der Waals surface area contributed by atoms with Crippen LogP contribution in [0.25, 0.3) is 0 Å². The van der Waals surface area contributed by atoms with Gasteiger partial charge in [-0.15, -0.1) is 0 Å². The quantitative estimate of drug-likeness (QED) is 0.400. The molecule has 0 aliphatic heterocycles. The van der Waals surface area contributed by atoms with E-state index < -0.39 is 28.5 Å². The number of halogens is 1. The van der Waals surface area contributed by atoms with Crippen molar-refractivity contribution in [3.8, 4) is 0 Å². The van der Waals surface area contributed by atoms with Gasteiger partial charge in [0, 0.05) is 17.6 Å². The van der Waals surface area contributed by atoms with Crippen molar-refractivity contribution >= 4 is 39.1 Å². The van der Waals surface area contributed by atoms with Crippen molar-refractivity contribution in [1.82, 2.24) is 10.2 Å². The van der Waals surface area contributed by atoms with E-state index in [0.717, 1.165) is 15.4 Å². The number of aryl methyl sites for hydroxylation is 1. The minimum atomic E-state index is -4.08. The van der Waals surface area contributed by atoms with Gasteiger partial charge in [0.15, 0.2) is 0 Å². The van der Waals surface area contributed by atoms with Gasteiger partial charge < -0.3 is 10.2 Å². The molecule has 0 aliphatic carbocycles. The zero-order chi connectivity index (χ0) is 27.2. The third kappa shape index (κ3) is 7.33. The Hall–Kier alpha value is -3.36. The van der Waals surface area contributed by atoms with Crippen LogP contribution in [0, 0.1) is 6.92 Å². The molecule has 1 N–H and O–H groups in total. The maximum atomic E-state index is 13.8. The largest absolute Gasteiger partial charge is 0.352 e. The maximum absolute atomic E-state index is 13.8. The minimum absolute atomic E-state index is 0.0660. The molecule has 0 aromatic heterocycles. The number of nitrogens with one attached hydrogen (secondary N) is 1. The third-order valence-electron chi connectivity index (χ3n) is 5.74. The summed E-state index contributed by atoms with van der Waals surface area (Å²) in [6, 6.07) is 20.9. The molecule has 1 unspecified atom stereocenters. The summed E-state index contributed by atoms with van der Waals surface area (Å²) >= 11 is 6.16. The van der Waals surface area contributed by atoms with Crippen molar-refractivity contribution in [3.63, 3.8) is 0 Å². The van der Waals surface area contributed by atoms with Gasteiger partial charge in [-0.2, -0.15) is 0 Å². The van der Waals surface area contributed by atoms with Crippen LogP contribution in [0.2, 0.25) is 5.02 Å². The molecule has 0 radical (unpaired) electrons. The molecule has 2 amide bonds. The summed E-state index contributed by atoms with van der Waals surface area (Å²) in [6.45, 7) is 6.74. The lowest BCUT2D eigenvalue weighted by atomic mass is 10.1. The molecule has 3 rings (SSSR count). The van der Waals surface area contributed by atoms with Gasteiger partial charge in [-0.3, -0.25) is 13.9 Å². The third-order valence-corrected chi connectivity index (χ3v) is 7.76. The average molecular weight is 542 g/mol. The summed E-state index contributed by atoms with van der Waals surface area (Å²) < 4.78 is 28.5. The molecule has 0 heterocycles. The van der Waals surface area contributed by atoms with Crippen molar-refractivity contribution in [2.24, 2.45) is 0 Å². The van der Waals surface area contributed by atoms with Gasteiger partial charge in [0.1, 0.15) is 12.6 Å². The standard InChI is InChI=1S/C28H32ClN3O4S/c1-20(2)30-28(34)22(4)31(18-23-11-9-12-24(29)17-23)27(33)19-32(25-13-8-10-21(3)16-25)37(35,36)26-14-6-5-7-15-26/h5-17,20,22H,18-19H2,1-4H3,(H,30,34). The van der Waals surface area contributed by atoms with Crippen LogP contribution in [-0.4, -0.2) is 43.8 Å². The van der Waals surface area contributed by atoms with Crippen LogP contribution in [0.5, 0.6) is 0 Å². The molecular formula is C28H32ClN3O4S. The molecule has 1 atom stereocenters. The Morgan fingerprint density at radius 2 is 1.59 bits per heavy atom. The first-order valence-corrected chi connectivity index (χ1v) is 13.8. The molecule has 0 saturated carbocycles. The molecule has 196 valence electrons. The number of rotatable bonds is 10. The van der Waals surface area contributed by atoms with Crippen LogP contribution in [0.1, 0.15) is 31.9 Å². The second-order valence-corrected chi connectivity index (χ2v) is 11.5. The van der Waals surface area contributed by atoms with E-state index in [4.69, 9.17) is 11.6 Å². The second-order valence-electron chi connectivity index (χ2n) is 9.15. The van der Waals surface area contributed by atoms with Crippen LogP contribution in [-0.2, 0) is 26.2 Å². The Bertz CT molecular complexity index is 1350. The lowest BCUT2D eigenvalue weighted by Gasteiger charge is -2.32. The van der Waals surface area contributed by atoms with Gasteiger partial charge in [-0.25, -0.2) is 8.42 Å². The summed E-state index contributed by atoms with van der Waals surface area (Å²) in [6.07, 6.45) is 0. The number of carbonyl (C=O) groups excluding carboxylic acids is 2. The minimum Gasteiger partial charge on any atom is -0.352 e. The van der Waals surface area contributed by atoms with Crippen molar-refractivity contribution < 1.29 is 18.0 Å². The van der Waals surface area contributed by atoms with Crippen LogP contribution in [0.15, 0.2) is 83.8 Å². The molecule has 0 spiro atoms. The van der Waals surface area contributed by atoms with E-state index in [-0.39, 0.29) is 23.4 Å². The number of carbonyl (C=O) groups is 2. The number of hydrogen-bond donors (Lipinski definition) is 1. The highest BCUT2D eigenvalue weighted by molar-refractivity contribution is 7.92. The molecule has 0 bridgehead atoms. The van der Waals surface area contributed by atoms with Crippen LogP contribution in [0.4, 0.5) is 5.69 Å². The van der Waals surface area contributed by atoms with Crippen molar-refractivity contribution in [2.75, 3.05) is 10.8 Å². The van der Waals surface area contributed by atoms with Gasteiger partial charge in [-0.05, 0) is 75.2 Å². The molecule has 3 aromatic carbocycles. The lowest BCUT2D eigenvalue weighted by molar-refractivity contribution is -0.139. The number of nitrogens with zero attached hydrogens (tertiary/aromatic N) is 2. The van der Waals surface area contributed by atoms with Gasteiger partial charge in [0.05, 0.1) is 10.6 Å². The lowest BCUT2D eigenvalue weighted by Crippen LogP contribution is -2.52. The molecule has 0 saturated heterocycles.